The summed E-state index contributed by atoms with van der Waals surface area (Å²) < 4.78 is 4.88. The number of carboxylic acids is 1. The third-order valence-corrected chi connectivity index (χ3v) is 3.05. The molecule has 0 aromatic heterocycles. The first-order valence-corrected chi connectivity index (χ1v) is 4.69. The maximum atomic E-state index is 11.3. The van der Waals surface area contributed by atoms with E-state index in [1.807, 2.05) is 19.1 Å². The lowest BCUT2D eigenvalue weighted by atomic mass is 9.72. The van der Waals surface area contributed by atoms with E-state index in [2.05, 4.69) is 0 Å². The standard InChI is InChI=1S/C10H12O4/c1-5-2-3-6-4-14-10(13)8(6)7(5)9(11)12/h2-3,5-8H,4H2,1H3,(H,11,12)/t5-,6-,7-,8-/m1/s1. The van der Waals surface area contributed by atoms with Gasteiger partial charge in [-0.3, -0.25) is 9.59 Å². The summed E-state index contributed by atoms with van der Waals surface area (Å²) in [6.07, 6.45) is 3.77. The van der Waals surface area contributed by atoms with Gasteiger partial charge in [-0.05, 0) is 5.92 Å². The Kier molecular flexibility index (Phi) is 2.06. The molecule has 0 aromatic rings. The van der Waals surface area contributed by atoms with Gasteiger partial charge in [-0.2, -0.15) is 0 Å². The molecule has 0 unspecified atom stereocenters. The second-order valence-electron chi connectivity index (χ2n) is 3.93. The normalized spacial score (nSPS) is 40.5. The Morgan fingerprint density at radius 3 is 2.93 bits per heavy atom. The zero-order valence-electron chi connectivity index (χ0n) is 7.84. The van der Waals surface area contributed by atoms with E-state index in [1.165, 1.54) is 0 Å². The van der Waals surface area contributed by atoms with Crippen molar-refractivity contribution in [3.8, 4) is 0 Å². The molecule has 1 aliphatic carbocycles. The highest BCUT2D eigenvalue weighted by atomic mass is 16.5. The molecule has 1 N–H and O–H groups in total. The molecule has 0 bridgehead atoms. The molecule has 2 rings (SSSR count). The maximum Gasteiger partial charge on any atom is 0.310 e. The molecule has 4 heteroatoms. The fourth-order valence-corrected chi connectivity index (χ4v) is 2.28. The van der Waals surface area contributed by atoms with Crippen molar-refractivity contribution >= 4 is 11.9 Å². The monoisotopic (exact) mass is 196 g/mol. The van der Waals surface area contributed by atoms with Gasteiger partial charge >= 0.3 is 11.9 Å². The Balaban J connectivity index is 2.33. The van der Waals surface area contributed by atoms with Crippen LogP contribution in [0.25, 0.3) is 0 Å². The van der Waals surface area contributed by atoms with Crippen LogP contribution in [0.15, 0.2) is 12.2 Å². The van der Waals surface area contributed by atoms with Crippen molar-refractivity contribution < 1.29 is 19.4 Å². The molecular formula is C10H12O4. The summed E-state index contributed by atoms with van der Waals surface area (Å²) in [5, 5.41) is 9.03. The number of hydrogen-bond acceptors (Lipinski definition) is 3. The molecule has 1 saturated heterocycles. The highest BCUT2D eigenvalue weighted by molar-refractivity contribution is 5.83. The number of esters is 1. The molecular weight excluding hydrogens is 184 g/mol. The van der Waals surface area contributed by atoms with E-state index in [0.29, 0.717) is 6.61 Å². The highest BCUT2D eigenvalue weighted by Crippen LogP contribution is 2.38. The molecule has 0 saturated carbocycles. The minimum absolute atomic E-state index is 0.0419. The van der Waals surface area contributed by atoms with Crippen LogP contribution in [-0.4, -0.2) is 23.7 Å². The van der Waals surface area contributed by atoms with Gasteiger partial charge in [0.1, 0.15) is 0 Å². The molecule has 0 aromatic carbocycles. The van der Waals surface area contributed by atoms with Crippen molar-refractivity contribution in [2.24, 2.45) is 23.7 Å². The van der Waals surface area contributed by atoms with Crippen molar-refractivity contribution in [2.45, 2.75) is 6.92 Å². The Morgan fingerprint density at radius 2 is 2.29 bits per heavy atom. The fraction of sp³-hybridized carbons (Fsp3) is 0.600. The number of fused-ring (bicyclic) bond motifs is 1. The number of cyclic esters (lactones) is 1. The summed E-state index contributed by atoms with van der Waals surface area (Å²) in [5.74, 6) is -2.51. The molecule has 1 fully saturated rings. The smallest absolute Gasteiger partial charge is 0.310 e. The quantitative estimate of drug-likeness (QED) is 0.495. The van der Waals surface area contributed by atoms with Crippen LogP contribution in [0.2, 0.25) is 0 Å². The zero-order chi connectivity index (χ0) is 10.3. The summed E-state index contributed by atoms with van der Waals surface area (Å²) in [7, 11) is 0. The van der Waals surface area contributed by atoms with Gasteiger partial charge in [0.2, 0.25) is 0 Å². The highest BCUT2D eigenvalue weighted by Gasteiger charge is 2.48. The number of carbonyl (C=O) groups excluding carboxylic acids is 1. The summed E-state index contributed by atoms with van der Waals surface area (Å²) in [6, 6.07) is 0. The van der Waals surface area contributed by atoms with Crippen LogP contribution in [-0.2, 0) is 14.3 Å². The molecule has 0 amide bonds. The van der Waals surface area contributed by atoms with Gasteiger partial charge in [-0.1, -0.05) is 19.1 Å². The molecule has 1 heterocycles. The lowest BCUT2D eigenvalue weighted by Crippen LogP contribution is -2.37. The van der Waals surface area contributed by atoms with Gasteiger partial charge in [-0.15, -0.1) is 0 Å². The molecule has 1 aliphatic heterocycles. The second-order valence-corrected chi connectivity index (χ2v) is 3.93. The number of allylic oxidation sites excluding steroid dienone is 1. The Labute approximate surface area is 81.6 Å². The Bertz CT molecular complexity index is 307. The first-order chi connectivity index (χ1) is 6.61. The van der Waals surface area contributed by atoms with Crippen molar-refractivity contribution in [3.05, 3.63) is 12.2 Å². The van der Waals surface area contributed by atoms with Gasteiger partial charge in [0.25, 0.3) is 0 Å². The van der Waals surface area contributed by atoms with Crippen molar-refractivity contribution in [1.82, 2.24) is 0 Å². The number of carbonyl (C=O) groups is 2. The molecule has 2 aliphatic rings. The van der Waals surface area contributed by atoms with Gasteiger partial charge in [0.05, 0.1) is 18.4 Å². The van der Waals surface area contributed by atoms with Crippen molar-refractivity contribution in [3.63, 3.8) is 0 Å². The topological polar surface area (TPSA) is 63.6 Å². The fourth-order valence-electron chi connectivity index (χ4n) is 2.28. The summed E-state index contributed by atoms with van der Waals surface area (Å²) in [5.41, 5.74) is 0. The Hall–Kier alpha value is -1.32. The first-order valence-electron chi connectivity index (χ1n) is 4.69. The predicted octanol–water partition coefficient (Wildman–Crippen LogP) is 0.682. The zero-order valence-corrected chi connectivity index (χ0v) is 7.84. The summed E-state index contributed by atoms with van der Waals surface area (Å²) >= 11 is 0. The molecule has 0 spiro atoms. The molecule has 4 nitrogen and oxygen atoms in total. The number of aliphatic carboxylic acids is 1. The van der Waals surface area contributed by atoms with E-state index in [1.54, 1.807) is 0 Å². The van der Waals surface area contributed by atoms with Crippen molar-refractivity contribution in [2.75, 3.05) is 6.61 Å². The average Bonchev–Trinajstić information content (AvgIpc) is 2.47. The average molecular weight is 196 g/mol. The molecule has 4 atom stereocenters. The number of rotatable bonds is 1. The van der Waals surface area contributed by atoms with E-state index in [-0.39, 0.29) is 17.8 Å². The van der Waals surface area contributed by atoms with Crippen LogP contribution < -0.4 is 0 Å². The lowest BCUT2D eigenvalue weighted by molar-refractivity contribution is -0.153. The van der Waals surface area contributed by atoms with Crippen LogP contribution in [0, 0.1) is 23.7 Å². The third-order valence-electron chi connectivity index (χ3n) is 3.05. The summed E-state index contributed by atoms with van der Waals surface area (Å²) in [4.78, 5) is 22.4. The van der Waals surface area contributed by atoms with E-state index < -0.39 is 17.8 Å². The van der Waals surface area contributed by atoms with E-state index in [0.717, 1.165) is 0 Å². The van der Waals surface area contributed by atoms with Gasteiger partial charge in [0.15, 0.2) is 0 Å². The molecule has 76 valence electrons. The van der Waals surface area contributed by atoms with E-state index >= 15 is 0 Å². The lowest BCUT2D eigenvalue weighted by Gasteiger charge is -2.27. The SMILES string of the molecule is C[C@@H]1C=C[C@@H]2COC(=O)[C@H]2[C@@H]1C(=O)O. The minimum Gasteiger partial charge on any atom is -0.481 e. The Morgan fingerprint density at radius 1 is 1.57 bits per heavy atom. The van der Waals surface area contributed by atoms with Gasteiger partial charge < -0.3 is 9.84 Å². The second kappa shape index (κ2) is 3.12. The van der Waals surface area contributed by atoms with E-state index in [4.69, 9.17) is 9.84 Å². The van der Waals surface area contributed by atoms with Gasteiger partial charge in [0, 0.05) is 5.92 Å². The number of carboxylic acid groups (broad SMARTS) is 1. The van der Waals surface area contributed by atoms with Crippen LogP contribution in [0.3, 0.4) is 0 Å². The van der Waals surface area contributed by atoms with Gasteiger partial charge in [-0.25, -0.2) is 0 Å². The minimum atomic E-state index is -0.907. The summed E-state index contributed by atoms with van der Waals surface area (Å²) in [6.45, 7) is 2.15. The largest absolute Gasteiger partial charge is 0.481 e. The van der Waals surface area contributed by atoms with Crippen LogP contribution in [0.4, 0.5) is 0 Å². The number of hydrogen-bond donors (Lipinski definition) is 1. The first kappa shape index (κ1) is 9.24. The third kappa shape index (κ3) is 1.22. The van der Waals surface area contributed by atoms with Crippen molar-refractivity contribution in [1.29, 1.82) is 0 Å². The number of ether oxygens (including phenoxy) is 1. The van der Waals surface area contributed by atoms with Crippen LogP contribution in [0.1, 0.15) is 6.92 Å². The molecule has 14 heavy (non-hydrogen) atoms. The van der Waals surface area contributed by atoms with Crippen LogP contribution in [0.5, 0.6) is 0 Å². The molecule has 0 radical (unpaired) electrons. The van der Waals surface area contributed by atoms with Crippen LogP contribution >= 0.6 is 0 Å². The predicted molar refractivity (Wildman–Crippen MR) is 47.4 cm³/mol. The van der Waals surface area contributed by atoms with E-state index in [9.17, 15) is 9.59 Å². The maximum absolute atomic E-state index is 11.3.